The number of nitrogen functional groups attached to an aromatic ring is 1. The first-order valence-corrected chi connectivity index (χ1v) is 6.28. The summed E-state index contributed by atoms with van der Waals surface area (Å²) in [5, 5.41) is 2.58. The van der Waals surface area contributed by atoms with Crippen molar-refractivity contribution in [2.45, 2.75) is 18.6 Å². The predicted octanol–water partition coefficient (Wildman–Crippen LogP) is -0.214. The average Bonchev–Trinajstić information content (AvgIpc) is 3.06. The fraction of sp³-hybridized carbons (Fsp3) is 0.444. The van der Waals surface area contributed by atoms with Gasteiger partial charge in [0.25, 0.3) is 0 Å². The first-order chi connectivity index (χ1) is 8.08. The number of nitrogens with one attached hydrogen (secondary N) is 1. The molecule has 1 fully saturated rings. The van der Waals surface area contributed by atoms with Crippen molar-refractivity contribution in [2.75, 3.05) is 11.1 Å². The number of hydrogen-bond acceptors (Lipinski definition) is 6. The van der Waals surface area contributed by atoms with Crippen LogP contribution in [0.4, 0.5) is 11.6 Å². The average molecular weight is 255 g/mol. The molecule has 0 spiro atoms. The van der Waals surface area contributed by atoms with Crippen LogP contribution in [0.5, 0.6) is 0 Å². The van der Waals surface area contributed by atoms with E-state index < -0.39 is 11.1 Å². The molecule has 0 aliphatic heterocycles. The topological polar surface area (TPSA) is 121 Å². The van der Waals surface area contributed by atoms with Gasteiger partial charge in [-0.15, -0.1) is 0 Å². The highest BCUT2D eigenvalue weighted by Crippen LogP contribution is 2.30. The lowest BCUT2D eigenvalue weighted by Gasteiger charge is -2.12. The van der Waals surface area contributed by atoms with Crippen LogP contribution in [0, 0.1) is 5.92 Å². The maximum atomic E-state index is 11.6. The minimum Gasteiger partial charge on any atom is -0.772 e. The van der Waals surface area contributed by atoms with Crippen molar-refractivity contribution in [3.05, 3.63) is 11.9 Å². The minimum absolute atomic E-state index is 0.0109. The first-order valence-electron chi connectivity index (χ1n) is 5.04. The maximum absolute atomic E-state index is 11.6. The number of nitrogens with zero attached hydrogens (tertiary/aromatic N) is 2. The summed E-state index contributed by atoms with van der Waals surface area (Å²) in [7, 11) is 0. The van der Waals surface area contributed by atoms with Crippen molar-refractivity contribution in [3.8, 4) is 0 Å². The highest BCUT2D eigenvalue weighted by atomic mass is 32.2. The largest absolute Gasteiger partial charge is 0.772 e. The van der Waals surface area contributed by atoms with Gasteiger partial charge in [0.15, 0.2) is 0 Å². The highest BCUT2D eigenvalue weighted by molar-refractivity contribution is 7.78. The summed E-state index contributed by atoms with van der Waals surface area (Å²) in [6.07, 6.45) is 2.90. The second-order valence-corrected chi connectivity index (χ2v) is 4.69. The van der Waals surface area contributed by atoms with Crippen LogP contribution in [-0.2, 0) is 21.6 Å². The molecule has 0 radical (unpaired) electrons. The molecule has 1 aliphatic rings. The van der Waals surface area contributed by atoms with Crippen LogP contribution < -0.4 is 11.1 Å². The quantitative estimate of drug-likeness (QED) is 0.718. The number of hydrogen-bond donors (Lipinski definition) is 2. The third kappa shape index (κ3) is 2.98. The molecule has 1 saturated carbocycles. The molecule has 0 saturated heterocycles. The van der Waals surface area contributed by atoms with Gasteiger partial charge in [0.05, 0.1) is 0 Å². The molecule has 1 aliphatic carbocycles. The summed E-state index contributed by atoms with van der Waals surface area (Å²) >= 11 is -2.31. The lowest BCUT2D eigenvalue weighted by molar-refractivity contribution is -0.117. The molecule has 8 heteroatoms. The van der Waals surface area contributed by atoms with E-state index in [0.29, 0.717) is 0 Å². The van der Waals surface area contributed by atoms with Crippen LogP contribution in [-0.4, -0.2) is 24.6 Å². The van der Waals surface area contributed by atoms with Crippen molar-refractivity contribution < 1.29 is 13.6 Å². The molecule has 1 amide bonds. The van der Waals surface area contributed by atoms with Crippen LogP contribution in [0.25, 0.3) is 0 Å². The van der Waals surface area contributed by atoms with Crippen LogP contribution >= 0.6 is 0 Å². The van der Waals surface area contributed by atoms with Crippen LogP contribution in [0.2, 0.25) is 0 Å². The number of carbonyl (C=O) groups excluding carboxylic acids is 1. The Morgan fingerprint density at radius 2 is 2.29 bits per heavy atom. The molecule has 1 unspecified atom stereocenters. The summed E-state index contributed by atoms with van der Waals surface area (Å²) in [6.45, 7) is 0. The summed E-state index contributed by atoms with van der Waals surface area (Å²) in [6, 6.07) is 0. The Bertz CT molecular complexity index is 475. The van der Waals surface area contributed by atoms with E-state index in [1.165, 1.54) is 6.33 Å². The standard InChI is InChI=1S/C9H12N4O3S/c10-7-6(3-17(15)16)8(12-4-11-7)13-9(14)5-1-2-5/h4-5H,1-3H2,(H,15,16)(H3,10,11,12,13,14)/p-1. The number of anilines is 2. The summed E-state index contributed by atoms with van der Waals surface area (Å²) in [5.41, 5.74) is 5.79. The van der Waals surface area contributed by atoms with E-state index in [2.05, 4.69) is 15.3 Å². The van der Waals surface area contributed by atoms with Gasteiger partial charge >= 0.3 is 0 Å². The summed E-state index contributed by atoms with van der Waals surface area (Å²) in [4.78, 5) is 19.1. The number of rotatable bonds is 4. The normalized spacial score (nSPS) is 16.5. The van der Waals surface area contributed by atoms with E-state index in [9.17, 15) is 13.6 Å². The van der Waals surface area contributed by atoms with E-state index in [1.807, 2.05) is 0 Å². The first kappa shape index (κ1) is 11.9. The lowest BCUT2D eigenvalue weighted by Crippen LogP contribution is -2.17. The fourth-order valence-electron chi connectivity index (χ4n) is 1.36. The van der Waals surface area contributed by atoms with E-state index in [-0.39, 0.29) is 34.8 Å². The van der Waals surface area contributed by atoms with E-state index >= 15 is 0 Å². The predicted molar refractivity (Wildman–Crippen MR) is 60.4 cm³/mol. The molecule has 1 heterocycles. The zero-order valence-corrected chi connectivity index (χ0v) is 9.70. The molecule has 1 atom stereocenters. The van der Waals surface area contributed by atoms with Crippen LogP contribution in [0.3, 0.4) is 0 Å². The maximum Gasteiger partial charge on any atom is 0.228 e. The molecule has 2 rings (SSSR count). The van der Waals surface area contributed by atoms with Gasteiger partial charge in [-0.3, -0.25) is 9.00 Å². The van der Waals surface area contributed by atoms with Crippen molar-refractivity contribution >= 4 is 28.6 Å². The van der Waals surface area contributed by atoms with Crippen molar-refractivity contribution in [3.63, 3.8) is 0 Å². The Morgan fingerprint density at radius 1 is 1.59 bits per heavy atom. The SMILES string of the molecule is Nc1ncnc(NC(=O)C2CC2)c1CS(=O)[O-]. The summed E-state index contributed by atoms with van der Waals surface area (Å²) < 4.78 is 21.4. The van der Waals surface area contributed by atoms with Crippen molar-refractivity contribution in [2.24, 2.45) is 5.92 Å². The van der Waals surface area contributed by atoms with Gasteiger partial charge in [-0.2, -0.15) is 0 Å². The van der Waals surface area contributed by atoms with Crippen LogP contribution in [0.15, 0.2) is 6.33 Å². The van der Waals surface area contributed by atoms with Gasteiger partial charge < -0.3 is 15.6 Å². The number of carbonyl (C=O) groups is 1. The Balaban J connectivity index is 2.21. The van der Waals surface area contributed by atoms with E-state index in [1.54, 1.807) is 0 Å². The molecule has 1 aromatic rings. The monoisotopic (exact) mass is 255 g/mol. The zero-order valence-electron chi connectivity index (χ0n) is 8.88. The molecule has 7 nitrogen and oxygen atoms in total. The van der Waals surface area contributed by atoms with Gasteiger partial charge in [-0.05, 0) is 12.8 Å². The summed E-state index contributed by atoms with van der Waals surface area (Å²) in [5.74, 6) is -0.209. The Morgan fingerprint density at radius 3 is 2.88 bits per heavy atom. The van der Waals surface area contributed by atoms with Crippen molar-refractivity contribution in [1.29, 1.82) is 0 Å². The van der Waals surface area contributed by atoms with E-state index in [4.69, 9.17) is 5.73 Å². The molecule has 0 aromatic carbocycles. The fourth-order valence-corrected chi connectivity index (χ4v) is 1.88. The smallest absolute Gasteiger partial charge is 0.228 e. The molecule has 3 N–H and O–H groups in total. The van der Waals surface area contributed by atoms with E-state index in [0.717, 1.165) is 12.8 Å². The molecule has 1 aromatic heterocycles. The molecule has 92 valence electrons. The zero-order chi connectivity index (χ0) is 12.4. The van der Waals surface area contributed by atoms with Gasteiger partial charge in [-0.25, -0.2) is 9.97 Å². The third-order valence-electron chi connectivity index (χ3n) is 2.43. The van der Waals surface area contributed by atoms with Gasteiger partial charge in [0.1, 0.15) is 18.0 Å². The Hall–Kier alpha value is -1.54. The second-order valence-electron chi connectivity index (χ2n) is 3.80. The van der Waals surface area contributed by atoms with Crippen molar-refractivity contribution in [1.82, 2.24) is 9.97 Å². The number of nitrogens with two attached hydrogens (primary N) is 1. The van der Waals surface area contributed by atoms with Crippen LogP contribution in [0.1, 0.15) is 18.4 Å². The Labute approximate surface area is 100 Å². The minimum atomic E-state index is -2.31. The molecule has 0 bridgehead atoms. The second kappa shape index (κ2) is 4.76. The van der Waals surface area contributed by atoms with Gasteiger partial charge in [0, 0.05) is 17.2 Å². The third-order valence-corrected chi connectivity index (χ3v) is 2.95. The number of amides is 1. The highest BCUT2D eigenvalue weighted by Gasteiger charge is 2.30. The molecular weight excluding hydrogens is 244 g/mol. The lowest BCUT2D eigenvalue weighted by atomic mass is 10.3. The van der Waals surface area contributed by atoms with Gasteiger partial charge in [0.2, 0.25) is 5.91 Å². The molecular formula is C9H11N4O3S-. The Kier molecular flexibility index (Phi) is 3.34. The van der Waals surface area contributed by atoms with Gasteiger partial charge in [-0.1, -0.05) is 11.1 Å². The number of aromatic nitrogens is 2. The molecule has 17 heavy (non-hydrogen) atoms.